The molecule has 0 heterocycles. The van der Waals surface area contributed by atoms with Crippen molar-refractivity contribution in [2.75, 3.05) is 6.61 Å². The Hall–Kier alpha value is -2.53. The van der Waals surface area contributed by atoms with E-state index < -0.39 is 6.04 Å². The molecular weight excluding hydrogens is 424 g/mol. The van der Waals surface area contributed by atoms with Crippen molar-refractivity contribution in [2.24, 2.45) is 0 Å². The van der Waals surface area contributed by atoms with E-state index in [0.29, 0.717) is 17.3 Å². The molecule has 0 aromatic heterocycles. The minimum atomic E-state index is -0.596. The number of ether oxygens (including phenoxy) is 1. The molecular formula is C26H33ClN2O3. The molecule has 1 N–H and O–H groups in total. The molecule has 2 aromatic carbocycles. The van der Waals surface area contributed by atoms with E-state index in [-0.39, 0.29) is 24.5 Å². The van der Waals surface area contributed by atoms with Crippen LogP contribution in [-0.2, 0) is 16.1 Å². The third kappa shape index (κ3) is 6.26. The first kappa shape index (κ1) is 24.1. The van der Waals surface area contributed by atoms with Crippen LogP contribution in [0.3, 0.4) is 0 Å². The highest BCUT2D eigenvalue weighted by Crippen LogP contribution is 2.26. The molecule has 0 saturated heterocycles. The number of halogens is 1. The molecule has 0 spiro atoms. The summed E-state index contributed by atoms with van der Waals surface area (Å²) in [6, 6.07) is 11.2. The van der Waals surface area contributed by atoms with Crippen molar-refractivity contribution in [1.82, 2.24) is 10.2 Å². The summed E-state index contributed by atoms with van der Waals surface area (Å²) in [6.45, 7) is 7.82. The van der Waals surface area contributed by atoms with Gasteiger partial charge in [-0.05, 0) is 69.4 Å². The fourth-order valence-corrected chi connectivity index (χ4v) is 4.31. The van der Waals surface area contributed by atoms with Crippen LogP contribution in [0.5, 0.6) is 5.75 Å². The normalized spacial score (nSPS) is 14.8. The van der Waals surface area contributed by atoms with Crippen LogP contribution in [0, 0.1) is 20.8 Å². The summed E-state index contributed by atoms with van der Waals surface area (Å²) in [5.74, 6) is 0.248. The summed E-state index contributed by atoms with van der Waals surface area (Å²) in [4.78, 5) is 27.8. The molecule has 32 heavy (non-hydrogen) atoms. The number of benzene rings is 2. The summed E-state index contributed by atoms with van der Waals surface area (Å²) in [5.41, 5.74) is 3.89. The second-order valence-electron chi connectivity index (χ2n) is 8.84. The second kappa shape index (κ2) is 10.9. The molecule has 0 bridgehead atoms. The Morgan fingerprint density at radius 1 is 1.12 bits per heavy atom. The summed E-state index contributed by atoms with van der Waals surface area (Å²) in [5, 5.41) is 3.81. The molecule has 0 radical (unpaired) electrons. The number of carbonyl (C=O) groups excluding carboxylic acids is 2. The Morgan fingerprint density at radius 2 is 1.78 bits per heavy atom. The summed E-state index contributed by atoms with van der Waals surface area (Å²) in [6.07, 6.45) is 4.28. The molecule has 6 heteroatoms. The van der Waals surface area contributed by atoms with Crippen LogP contribution in [0.15, 0.2) is 36.4 Å². The lowest BCUT2D eigenvalue weighted by atomic mass is 10.1. The van der Waals surface area contributed by atoms with E-state index in [4.69, 9.17) is 16.3 Å². The van der Waals surface area contributed by atoms with Crippen LogP contribution in [0.25, 0.3) is 0 Å². The third-order valence-corrected chi connectivity index (χ3v) is 6.67. The SMILES string of the molecule is Cc1cccc(CN(C(=O)COc2cc(C)c(Cl)c(C)c2)C(C)C(=O)NC2CCCC2)c1. The van der Waals surface area contributed by atoms with Gasteiger partial charge in [-0.15, -0.1) is 0 Å². The van der Waals surface area contributed by atoms with Crippen LogP contribution in [0.2, 0.25) is 5.02 Å². The molecule has 172 valence electrons. The van der Waals surface area contributed by atoms with Gasteiger partial charge >= 0.3 is 0 Å². The van der Waals surface area contributed by atoms with Gasteiger partial charge in [0.15, 0.2) is 6.61 Å². The second-order valence-corrected chi connectivity index (χ2v) is 9.21. The predicted molar refractivity (Wildman–Crippen MR) is 128 cm³/mol. The smallest absolute Gasteiger partial charge is 0.261 e. The third-order valence-electron chi connectivity index (χ3n) is 6.08. The lowest BCUT2D eigenvalue weighted by molar-refractivity contribution is -0.142. The summed E-state index contributed by atoms with van der Waals surface area (Å²) in [7, 11) is 0. The van der Waals surface area contributed by atoms with Gasteiger partial charge in [0.25, 0.3) is 5.91 Å². The molecule has 1 atom stereocenters. The van der Waals surface area contributed by atoms with Gasteiger partial charge in [0, 0.05) is 17.6 Å². The van der Waals surface area contributed by atoms with Gasteiger partial charge < -0.3 is 15.0 Å². The van der Waals surface area contributed by atoms with E-state index in [1.165, 1.54) is 0 Å². The average Bonchev–Trinajstić information content (AvgIpc) is 3.26. The highest BCUT2D eigenvalue weighted by atomic mass is 35.5. The summed E-state index contributed by atoms with van der Waals surface area (Å²) >= 11 is 6.24. The Balaban J connectivity index is 1.74. The van der Waals surface area contributed by atoms with E-state index in [1.54, 1.807) is 11.8 Å². The van der Waals surface area contributed by atoms with Gasteiger partial charge in [-0.3, -0.25) is 9.59 Å². The largest absolute Gasteiger partial charge is 0.484 e. The zero-order valence-corrected chi connectivity index (χ0v) is 20.2. The number of nitrogens with zero attached hydrogens (tertiary/aromatic N) is 1. The standard InChI is InChI=1S/C26H33ClN2O3/c1-17-8-7-9-21(12-17)15-29(20(4)26(31)28-22-10-5-6-11-22)24(30)16-32-23-13-18(2)25(27)19(3)14-23/h7-9,12-14,20,22H,5-6,10-11,15-16H2,1-4H3,(H,28,31). The monoisotopic (exact) mass is 456 g/mol. The number of hydrogen-bond acceptors (Lipinski definition) is 3. The zero-order valence-electron chi connectivity index (χ0n) is 19.4. The topological polar surface area (TPSA) is 58.6 Å². The molecule has 1 aliphatic carbocycles. The number of carbonyl (C=O) groups is 2. The molecule has 5 nitrogen and oxygen atoms in total. The zero-order chi connectivity index (χ0) is 23.3. The minimum Gasteiger partial charge on any atom is -0.484 e. The molecule has 0 aliphatic heterocycles. The highest BCUT2D eigenvalue weighted by Gasteiger charge is 2.28. The van der Waals surface area contributed by atoms with Crippen molar-refractivity contribution in [1.29, 1.82) is 0 Å². The Bertz CT molecular complexity index is 946. The maximum absolute atomic E-state index is 13.2. The number of nitrogens with one attached hydrogen (secondary N) is 1. The fourth-order valence-electron chi connectivity index (χ4n) is 4.20. The minimum absolute atomic E-state index is 0.115. The van der Waals surface area contributed by atoms with Gasteiger partial charge in [0.1, 0.15) is 11.8 Å². The average molecular weight is 457 g/mol. The molecule has 3 rings (SSSR count). The molecule has 1 unspecified atom stereocenters. The van der Waals surface area contributed by atoms with Crippen molar-refractivity contribution in [3.63, 3.8) is 0 Å². The van der Waals surface area contributed by atoms with E-state index in [1.807, 2.05) is 57.2 Å². The van der Waals surface area contributed by atoms with Crippen molar-refractivity contribution < 1.29 is 14.3 Å². The van der Waals surface area contributed by atoms with Crippen LogP contribution in [0.1, 0.15) is 54.9 Å². The lowest BCUT2D eigenvalue weighted by Crippen LogP contribution is -2.50. The number of hydrogen-bond donors (Lipinski definition) is 1. The quantitative estimate of drug-likeness (QED) is 0.599. The van der Waals surface area contributed by atoms with Crippen LogP contribution in [-0.4, -0.2) is 35.4 Å². The first-order valence-electron chi connectivity index (χ1n) is 11.3. The lowest BCUT2D eigenvalue weighted by Gasteiger charge is -2.29. The van der Waals surface area contributed by atoms with Crippen molar-refractivity contribution in [3.8, 4) is 5.75 Å². The van der Waals surface area contributed by atoms with E-state index in [0.717, 1.165) is 47.9 Å². The predicted octanol–water partition coefficient (Wildman–Crippen LogP) is 5.12. The Morgan fingerprint density at radius 3 is 2.41 bits per heavy atom. The van der Waals surface area contributed by atoms with Gasteiger partial charge in [0.05, 0.1) is 0 Å². The summed E-state index contributed by atoms with van der Waals surface area (Å²) < 4.78 is 5.81. The first-order chi connectivity index (χ1) is 15.2. The highest BCUT2D eigenvalue weighted by molar-refractivity contribution is 6.32. The Kier molecular flexibility index (Phi) is 8.19. The van der Waals surface area contributed by atoms with Crippen molar-refractivity contribution in [3.05, 3.63) is 63.7 Å². The van der Waals surface area contributed by atoms with Crippen molar-refractivity contribution >= 4 is 23.4 Å². The van der Waals surface area contributed by atoms with Gasteiger partial charge in [-0.2, -0.15) is 0 Å². The number of amides is 2. The van der Waals surface area contributed by atoms with Crippen molar-refractivity contribution in [2.45, 2.75) is 72.0 Å². The van der Waals surface area contributed by atoms with Crippen LogP contribution < -0.4 is 10.1 Å². The van der Waals surface area contributed by atoms with Gasteiger partial charge in [0.2, 0.25) is 5.91 Å². The Labute approximate surface area is 196 Å². The maximum Gasteiger partial charge on any atom is 0.261 e. The molecule has 1 fully saturated rings. The van der Waals surface area contributed by atoms with Crippen LogP contribution in [0.4, 0.5) is 0 Å². The van der Waals surface area contributed by atoms with E-state index in [2.05, 4.69) is 5.32 Å². The molecule has 2 aromatic rings. The van der Waals surface area contributed by atoms with Gasteiger partial charge in [-0.1, -0.05) is 54.3 Å². The van der Waals surface area contributed by atoms with E-state index in [9.17, 15) is 9.59 Å². The first-order valence-corrected chi connectivity index (χ1v) is 11.7. The molecule has 1 aliphatic rings. The molecule has 2 amide bonds. The maximum atomic E-state index is 13.2. The van der Waals surface area contributed by atoms with Gasteiger partial charge in [-0.25, -0.2) is 0 Å². The van der Waals surface area contributed by atoms with Crippen LogP contribution >= 0.6 is 11.6 Å². The van der Waals surface area contributed by atoms with E-state index >= 15 is 0 Å². The number of aryl methyl sites for hydroxylation is 3. The molecule has 1 saturated carbocycles. The number of rotatable bonds is 8. The fraction of sp³-hybridized carbons (Fsp3) is 0.462.